The first-order valence-corrected chi connectivity index (χ1v) is 9.98. The zero-order chi connectivity index (χ0) is 19.6. The highest BCUT2D eigenvalue weighted by molar-refractivity contribution is 7.17. The van der Waals surface area contributed by atoms with Crippen molar-refractivity contribution in [2.24, 2.45) is 5.73 Å². The van der Waals surface area contributed by atoms with Crippen LogP contribution in [0.3, 0.4) is 0 Å². The topological polar surface area (TPSA) is 75.4 Å². The molecule has 0 radical (unpaired) electrons. The fourth-order valence-electron chi connectivity index (χ4n) is 3.14. The Bertz CT molecular complexity index is 905. The molecule has 1 aromatic carbocycles. The van der Waals surface area contributed by atoms with E-state index in [0.29, 0.717) is 21.6 Å². The van der Waals surface area contributed by atoms with Gasteiger partial charge in [0.1, 0.15) is 5.00 Å². The molecule has 3 N–H and O–H groups in total. The standard InChI is InChI=1S/C20H22ClN3O2S/c1-12(2)24-10-9-14-16(11-24)27-20(18(14)19(22)26)23-17(25)8-7-13-5-3-4-6-15(13)21/h3-8,12H,9-11H2,1-2H3,(H2,22,26)(H,23,25). The molecule has 7 heteroatoms. The number of nitrogens with two attached hydrogens (primary N) is 1. The summed E-state index contributed by atoms with van der Waals surface area (Å²) in [5, 5.41) is 3.90. The summed E-state index contributed by atoms with van der Waals surface area (Å²) in [7, 11) is 0. The molecule has 0 aliphatic carbocycles. The van der Waals surface area contributed by atoms with Gasteiger partial charge >= 0.3 is 0 Å². The Balaban J connectivity index is 1.81. The van der Waals surface area contributed by atoms with E-state index in [9.17, 15) is 9.59 Å². The van der Waals surface area contributed by atoms with E-state index in [0.717, 1.165) is 35.5 Å². The van der Waals surface area contributed by atoms with Crippen molar-refractivity contribution in [3.05, 3.63) is 56.9 Å². The maximum absolute atomic E-state index is 12.4. The Labute approximate surface area is 167 Å². The number of amides is 2. The van der Waals surface area contributed by atoms with Crippen molar-refractivity contribution >= 4 is 45.8 Å². The van der Waals surface area contributed by atoms with Crippen LogP contribution in [-0.4, -0.2) is 29.3 Å². The molecule has 1 aromatic heterocycles. The SMILES string of the molecule is CC(C)N1CCc2c(sc(NC(=O)C=Cc3ccccc3Cl)c2C(N)=O)C1. The second kappa shape index (κ2) is 8.25. The van der Waals surface area contributed by atoms with Crippen molar-refractivity contribution in [3.63, 3.8) is 0 Å². The van der Waals surface area contributed by atoms with Crippen LogP contribution in [0.2, 0.25) is 5.02 Å². The molecule has 0 fully saturated rings. The number of hydrogen-bond donors (Lipinski definition) is 2. The van der Waals surface area contributed by atoms with Crippen LogP contribution in [0.1, 0.15) is 40.2 Å². The molecule has 1 aliphatic heterocycles. The third-order valence-electron chi connectivity index (χ3n) is 4.62. The number of thiophene rings is 1. The lowest BCUT2D eigenvalue weighted by Crippen LogP contribution is -2.35. The quantitative estimate of drug-likeness (QED) is 0.743. The van der Waals surface area contributed by atoms with E-state index in [1.54, 1.807) is 12.1 Å². The van der Waals surface area contributed by atoms with Gasteiger partial charge in [-0.25, -0.2) is 0 Å². The maximum atomic E-state index is 12.4. The van der Waals surface area contributed by atoms with Gasteiger partial charge in [0.05, 0.1) is 5.56 Å². The zero-order valence-electron chi connectivity index (χ0n) is 15.3. The highest BCUT2D eigenvalue weighted by Crippen LogP contribution is 2.37. The average molecular weight is 404 g/mol. The van der Waals surface area contributed by atoms with Crippen molar-refractivity contribution in [2.75, 3.05) is 11.9 Å². The van der Waals surface area contributed by atoms with Gasteiger partial charge in [0, 0.05) is 35.1 Å². The number of nitrogens with one attached hydrogen (secondary N) is 1. The lowest BCUT2D eigenvalue weighted by molar-refractivity contribution is -0.111. The summed E-state index contributed by atoms with van der Waals surface area (Å²) in [4.78, 5) is 27.8. The normalized spacial score (nSPS) is 14.5. The highest BCUT2D eigenvalue weighted by Gasteiger charge is 2.28. The predicted octanol–water partition coefficient (Wildman–Crippen LogP) is 3.92. The van der Waals surface area contributed by atoms with Crippen LogP contribution in [0, 0.1) is 0 Å². The smallest absolute Gasteiger partial charge is 0.251 e. The number of hydrogen-bond acceptors (Lipinski definition) is 4. The molecule has 2 aromatic rings. The number of primary amides is 1. The molecule has 2 heterocycles. The van der Waals surface area contributed by atoms with Crippen LogP contribution in [-0.2, 0) is 17.8 Å². The molecule has 0 saturated heterocycles. The predicted molar refractivity (Wildman–Crippen MR) is 111 cm³/mol. The van der Waals surface area contributed by atoms with Gasteiger partial charge in [-0.05, 0) is 43.5 Å². The fraction of sp³-hybridized carbons (Fsp3) is 0.300. The first-order chi connectivity index (χ1) is 12.9. The number of carbonyl (C=O) groups is 2. The molecule has 3 rings (SSSR count). The van der Waals surface area contributed by atoms with Crippen molar-refractivity contribution < 1.29 is 9.59 Å². The van der Waals surface area contributed by atoms with E-state index in [1.165, 1.54) is 17.4 Å². The minimum Gasteiger partial charge on any atom is -0.365 e. The van der Waals surface area contributed by atoms with Crippen LogP contribution in [0.4, 0.5) is 5.00 Å². The summed E-state index contributed by atoms with van der Waals surface area (Å²) in [6, 6.07) is 7.69. The molecular formula is C20H22ClN3O2S. The summed E-state index contributed by atoms with van der Waals surface area (Å²) in [5.41, 5.74) is 7.77. The second-order valence-corrected chi connectivity index (χ2v) is 8.24. The van der Waals surface area contributed by atoms with E-state index in [1.807, 2.05) is 18.2 Å². The molecule has 0 unspecified atom stereocenters. The maximum Gasteiger partial charge on any atom is 0.251 e. The van der Waals surface area contributed by atoms with Gasteiger partial charge in [-0.1, -0.05) is 29.8 Å². The highest BCUT2D eigenvalue weighted by atomic mass is 35.5. The van der Waals surface area contributed by atoms with Crippen LogP contribution < -0.4 is 11.1 Å². The van der Waals surface area contributed by atoms with Crippen molar-refractivity contribution in [1.29, 1.82) is 0 Å². The van der Waals surface area contributed by atoms with E-state index in [-0.39, 0.29) is 5.91 Å². The number of anilines is 1. The molecule has 0 saturated carbocycles. The fourth-order valence-corrected chi connectivity index (χ4v) is 4.62. The van der Waals surface area contributed by atoms with Gasteiger partial charge in [-0.15, -0.1) is 11.3 Å². The molecule has 1 aliphatic rings. The Hall–Kier alpha value is -2.15. The molecular weight excluding hydrogens is 382 g/mol. The van der Waals surface area contributed by atoms with Gasteiger partial charge in [-0.3, -0.25) is 14.5 Å². The minimum atomic E-state index is -0.504. The Morgan fingerprint density at radius 1 is 1.33 bits per heavy atom. The van der Waals surface area contributed by atoms with Crippen molar-refractivity contribution in [1.82, 2.24) is 4.90 Å². The summed E-state index contributed by atoms with van der Waals surface area (Å²) in [6.45, 7) is 5.94. The summed E-state index contributed by atoms with van der Waals surface area (Å²) >= 11 is 7.53. The molecule has 0 spiro atoms. The largest absolute Gasteiger partial charge is 0.365 e. The van der Waals surface area contributed by atoms with E-state index in [2.05, 4.69) is 24.1 Å². The zero-order valence-corrected chi connectivity index (χ0v) is 16.9. The van der Waals surface area contributed by atoms with E-state index in [4.69, 9.17) is 17.3 Å². The Morgan fingerprint density at radius 3 is 2.74 bits per heavy atom. The van der Waals surface area contributed by atoms with Gasteiger partial charge in [0.25, 0.3) is 5.91 Å². The Morgan fingerprint density at radius 2 is 2.07 bits per heavy atom. The van der Waals surface area contributed by atoms with Crippen LogP contribution in [0.25, 0.3) is 6.08 Å². The van der Waals surface area contributed by atoms with Gasteiger partial charge in [0.2, 0.25) is 5.91 Å². The summed E-state index contributed by atoms with van der Waals surface area (Å²) in [6.07, 6.45) is 3.81. The van der Waals surface area contributed by atoms with Gasteiger partial charge < -0.3 is 11.1 Å². The monoisotopic (exact) mass is 403 g/mol. The summed E-state index contributed by atoms with van der Waals surface area (Å²) in [5.74, 6) is -0.826. The van der Waals surface area contributed by atoms with Crippen molar-refractivity contribution in [2.45, 2.75) is 32.9 Å². The van der Waals surface area contributed by atoms with E-state index >= 15 is 0 Å². The van der Waals surface area contributed by atoms with Crippen molar-refractivity contribution in [3.8, 4) is 0 Å². The van der Waals surface area contributed by atoms with E-state index < -0.39 is 5.91 Å². The third-order valence-corrected chi connectivity index (χ3v) is 6.10. The van der Waals surface area contributed by atoms with Crippen LogP contribution >= 0.6 is 22.9 Å². The van der Waals surface area contributed by atoms with Gasteiger partial charge in [-0.2, -0.15) is 0 Å². The van der Waals surface area contributed by atoms with Crippen LogP contribution in [0.5, 0.6) is 0 Å². The number of fused-ring (bicyclic) bond motifs is 1. The molecule has 0 atom stereocenters. The number of benzene rings is 1. The first kappa shape index (κ1) is 19.6. The average Bonchev–Trinajstić information content (AvgIpc) is 2.97. The third kappa shape index (κ3) is 4.40. The number of nitrogens with zero attached hydrogens (tertiary/aromatic N) is 1. The molecule has 2 amide bonds. The number of carbonyl (C=O) groups excluding carboxylic acids is 2. The molecule has 5 nitrogen and oxygen atoms in total. The summed E-state index contributed by atoms with van der Waals surface area (Å²) < 4.78 is 0. The Kier molecular flexibility index (Phi) is 5.99. The molecule has 142 valence electrons. The molecule has 27 heavy (non-hydrogen) atoms. The lowest BCUT2D eigenvalue weighted by Gasteiger charge is -2.30. The lowest BCUT2D eigenvalue weighted by atomic mass is 10.0. The number of halogens is 1. The minimum absolute atomic E-state index is 0.322. The number of rotatable bonds is 5. The second-order valence-electron chi connectivity index (χ2n) is 6.73. The molecule has 0 bridgehead atoms. The first-order valence-electron chi connectivity index (χ1n) is 8.78. The van der Waals surface area contributed by atoms with Crippen LogP contribution in [0.15, 0.2) is 30.3 Å². The van der Waals surface area contributed by atoms with Gasteiger partial charge in [0.15, 0.2) is 0 Å².